The molecule has 2 aromatic heterocycles. The Hall–Kier alpha value is -2.80. The van der Waals surface area contributed by atoms with E-state index in [9.17, 15) is 13.2 Å². The fourth-order valence-corrected chi connectivity index (χ4v) is 4.99. The molecule has 0 N–H and O–H groups in total. The summed E-state index contributed by atoms with van der Waals surface area (Å²) in [7, 11) is -1.54. The Labute approximate surface area is 157 Å². The SMILES string of the molecule is CCC(=O)c1ccc2c(OC)ncc(-c3ccc4c(c3)CS(=O)(=O)C4)c2n1. The molecule has 0 aliphatic carbocycles. The van der Waals surface area contributed by atoms with Crippen LogP contribution in [0.4, 0.5) is 0 Å². The molecular formula is C20H18N2O4S. The van der Waals surface area contributed by atoms with Crippen molar-refractivity contribution in [2.75, 3.05) is 7.11 Å². The summed E-state index contributed by atoms with van der Waals surface area (Å²) < 4.78 is 29.1. The molecule has 0 bridgehead atoms. The lowest BCUT2D eigenvalue weighted by atomic mass is 9.99. The summed E-state index contributed by atoms with van der Waals surface area (Å²) in [4.78, 5) is 21.0. The minimum atomic E-state index is -3.07. The summed E-state index contributed by atoms with van der Waals surface area (Å²) in [5.41, 5.74) is 4.20. The van der Waals surface area contributed by atoms with Crippen LogP contribution in [0.25, 0.3) is 22.0 Å². The van der Waals surface area contributed by atoms with Gasteiger partial charge in [0.05, 0.1) is 29.5 Å². The maximum atomic E-state index is 12.1. The average molecular weight is 382 g/mol. The minimum Gasteiger partial charge on any atom is -0.481 e. The van der Waals surface area contributed by atoms with Crippen molar-refractivity contribution in [2.24, 2.45) is 0 Å². The largest absolute Gasteiger partial charge is 0.481 e. The van der Waals surface area contributed by atoms with Gasteiger partial charge in [0.2, 0.25) is 5.88 Å². The first-order valence-corrected chi connectivity index (χ1v) is 10.4. The van der Waals surface area contributed by atoms with Crippen LogP contribution in [0.1, 0.15) is 35.0 Å². The van der Waals surface area contributed by atoms with Gasteiger partial charge < -0.3 is 4.74 Å². The molecule has 7 heteroatoms. The van der Waals surface area contributed by atoms with Gasteiger partial charge in [-0.25, -0.2) is 18.4 Å². The van der Waals surface area contributed by atoms with Crippen molar-refractivity contribution in [3.63, 3.8) is 0 Å². The van der Waals surface area contributed by atoms with Gasteiger partial charge in [0.25, 0.3) is 0 Å². The summed E-state index contributed by atoms with van der Waals surface area (Å²) in [6, 6.07) is 9.06. The van der Waals surface area contributed by atoms with Crippen molar-refractivity contribution in [1.82, 2.24) is 9.97 Å². The van der Waals surface area contributed by atoms with Crippen LogP contribution < -0.4 is 4.74 Å². The molecule has 3 heterocycles. The second-order valence-corrected chi connectivity index (χ2v) is 8.63. The molecular weight excluding hydrogens is 364 g/mol. The number of benzene rings is 1. The van der Waals surface area contributed by atoms with E-state index in [-0.39, 0.29) is 17.3 Å². The Balaban J connectivity index is 1.93. The maximum Gasteiger partial charge on any atom is 0.222 e. The highest BCUT2D eigenvalue weighted by atomic mass is 32.2. The number of methoxy groups -OCH3 is 1. The standard InChI is InChI=1S/C20H18N2O4S/c1-3-18(23)17-7-6-15-19(22-17)16(9-21-20(15)26-2)12-4-5-13-10-27(24,25)11-14(13)8-12/h4-9H,3,10-11H2,1-2H3. The van der Waals surface area contributed by atoms with Crippen molar-refractivity contribution in [2.45, 2.75) is 24.9 Å². The van der Waals surface area contributed by atoms with Crippen LogP contribution in [0.5, 0.6) is 5.88 Å². The molecule has 1 aromatic carbocycles. The lowest BCUT2D eigenvalue weighted by molar-refractivity contribution is 0.0983. The summed E-state index contributed by atoms with van der Waals surface area (Å²) >= 11 is 0. The van der Waals surface area contributed by atoms with E-state index < -0.39 is 9.84 Å². The molecule has 6 nitrogen and oxygen atoms in total. The van der Waals surface area contributed by atoms with E-state index in [1.165, 1.54) is 7.11 Å². The first-order valence-electron chi connectivity index (χ1n) is 8.61. The number of carbonyl (C=O) groups excluding carboxylic acids is 1. The second-order valence-electron chi connectivity index (χ2n) is 6.57. The first kappa shape index (κ1) is 17.6. The zero-order chi connectivity index (χ0) is 19.2. The molecule has 0 saturated heterocycles. The Bertz CT molecular complexity index is 1190. The molecule has 27 heavy (non-hydrogen) atoms. The molecule has 0 spiro atoms. The van der Waals surface area contributed by atoms with Crippen LogP contribution in [0, 0.1) is 0 Å². The Morgan fingerprint density at radius 3 is 2.67 bits per heavy atom. The molecule has 0 saturated carbocycles. The van der Waals surface area contributed by atoms with Crippen molar-refractivity contribution in [1.29, 1.82) is 0 Å². The van der Waals surface area contributed by atoms with Gasteiger partial charge in [-0.15, -0.1) is 0 Å². The smallest absolute Gasteiger partial charge is 0.222 e. The number of fused-ring (bicyclic) bond motifs is 2. The first-order chi connectivity index (χ1) is 12.9. The number of hydrogen-bond donors (Lipinski definition) is 0. The van der Waals surface area contributed by atoms with E-state index >= 15 is 0 Å². The molecule has 1 aliphatic heterocycles. The van der Waals surface area contributed by atoms with Crippen molar-refractivity contribution in [3.8, 4) is 17.0 Å². The van der Waals surface area contributed by atoms with E-state index in [0.717, 1.165) is 22.3 Å². The summed E-state index contributed by atoms with van der Waals surface area (Å²) in [5.74, 6) is 0.515. The van der Waals surface area contributed by atoms with E-state index in [2.05, 4.69) is 9.97 Å². The van der Waals surface area contributed by atoms with Gasteiger partial charge in [-0.05, 0) is 34.9 Å². The number of hydrogen-bond acceptors (Lipinski definition) is 6. The molecule has 1 aliphatic rings. The predicted molar refractivity (Wildman–Crippen MR) is 102 cm³/mol. The summed E-state index contributed by atoms with van der Waals surface area (Å²) in [6.07, 6.45) is 2.02. The molecule has 0 atom stereocenters. The molecule has 0 amide bonds. The average Bonchev–Trinajstić information content (AvgIpc) is 2.98. The molecule has 3 aromatic rings. The predicted octanol–water partition coefficient (Wildman–Crippen LogP) is 3.33. The normalized spacial score (nSPS) is 14.9. The topological polar surface area (TPSA) is 86.2 Å². The number of nitrogens with zero attached hydrogens (tertiary/aromatic N) is 2. The maximum absolute atomic E-state index is 12.1. The van der Waals surface area contributed by atoms with E-state index in [1.807, 2.05) is 18.2 Å². The zero-order valence-electron chi connectivity index (χ0n) is 15.0. The highest BCUT2D eigenvalue weighted by Gasteiger charge is 2.25. The minimum absolute atomic E-state index is 0.0429. The van der Waals surface area contributed by atoms with Crippen molar-refractivity contribution < 1.29 is 17.9 Å². The summed E-state index contributed by atoms with van der Waals surface area (Å²) in [5, 5.41) is 0.704. The number of carbonyl (C=O) groups is 1. The number of aromatic nitrogens is 2. The quantitative estimate of drug-likeness (QED) is 0.644. The van der Waals surface area contributed by atoms with E-state index in [4.69, 9.17) is 4.74 Å². The fourth-order valence-electron chi connectivity index (χ4n) is 3.39. The van der Waals surface area contributed by atoms with Gasteiger partial charge in [0.15, 0.2) is 15.6 Å². The van der Waals surface area contributed by atoms with Crippen LogP contribution in [0.3, 0.4) is 0 Å². The number of pyridine rings is 2. The van der Waals surface area contributed by atoms with Gasteiger partial charge in [-0.1, -0.05) is 19.1 Å². The highest BCUT2D eigenvalue weighted by Crippen LogP contribution is 2.35. The number of ketones is 1. The lowest BCUT2D eigenvalue weighted by Gasteiger charge is -2.11. The summed E-state index contributed by atoms with van der Waals surface area (Å²) in [6.45, 7) is 1.79. The number of sulfone groups is 1. The van der Waals surface area contributed by atoms with Crippen molar-refractivity contribution >= 4 is 26.5 Å². The van der Waals surface area contributed by atoms with Gasteiger partial charge in [0, 0.05) is 18.2 Å². The van der Waals surface area contributed by atoms with Gasteiger partial charge in [-0.2, -0.15) is 0 Å². The van der Waals surface area contributed by atoms with Crippen LogP contribution in [0.15, 0.2) is 36.5 Å². The number of Topliss-reactive ketones (excluding diaryl/α,β-unsaturated/α-hetero) is 1. The third-order valence-electron chi connectivity index (χ3n) is 4.76. The molecule has 0 unspecified atom stereocenters. The lowest BCUT2D eigenvalue weighted by Crippen LogP contribution is -2.02. The second kappa shape index (κ2) is 6.42. The molecule has 0 radical (unpaired) electrons. The Morgan fingerprint density at radius 2 is 1.93 bits per heavy atom. The number of ether oxygens (including phenoxy) is 1. The van der Waals surface area contributed by atoms with Crippen LogP contribution >= 0.6 is 0 Å². The van der Waals surface area contributed by atoms with Gasteiger partial charge in [0.1, 0.15) is 5.69 Å². The van der Waals surface area contributed by atoms with Crippen molar-refractivity contribution in [3.05, 3.63) is 53.3 Å². The van der Waals surface area contributed by atoms with Crippen LogP contribution in [-0.2, 0) is 21.3 Å². The number of rotatable bonds is 4. The Morgan fingerprint density at radius 1 is 1.15 bits per heavy atom. The van der Waals surface area contributed by atoms with E-state index in [1.54, 1.807) is 25.3 Å². The van der Waals surface area contributed by atoms with E-state index in [0.29, 0.717) is 28.9 Å². The third-order valence-corrected chi connectivity index (χ3v) is 6.26. The van der Waals surface area contributed by atoms with Crippen LogP contribution in [-0.4, -0.2) is 31.3 Å². The third kappa shape index (κ3) is 3.08. The van der Waals surface area contributed by atoms with Gasteiger partial charge >= 0.3 is 0 Å². The molecule has 4 rings (SSSR count). The monoisotopic (exact) mass is 382 g/mol. The fraction of sp³-hybridized carbons (Fsp3) is 0.250. The highest BCUT2D eigenvalue weighted by molar-refractivity contribution is 7.90. The van der Waals surface area contributed by atoms with Crippen LogP contribution in [0.2, 0.25) is 0 Å². The Kier molecular flexibility index (Phi) is 4.19. The zero-order valence-corrected chi connectivity index (χ0v) is 15.8. The van der Waals surface area contributed by atoms with Gasteiger partial charge in [-0.3, -0.25) is 4.79 Å². The molecule has 138 valence electrons. The molecule has 0 fully saturated rings.